The van der Waals surface area contributed by atoms with Crippen LogP contribution in [-0.2, 0) is 10.0 Å². The van der Waals surface area contributed by atoms with Gasteiger partial charge in [-0.15, -0.1) is 11.3 Å². The predicted octanol–water partition coefficient (Wildman–Crippen LogP) is 4.09. The van der Waals surface area contributed by atoms with Gasteiger partial charge in [-0.1, -0.05) is 36.4 Å². The van der Waals surface area contributed by atoms with Gasteiger partial charge in [-0.25, -0.2) is 17.2 Å². The second kappa shape index (κ2) is 6.80. The molecule has 1 heterocycles. The molecular weight excluding hydrogens is 352 g/mol. The van der Waals surface area contributed by atoms with Crippen LogP contribution < -0.4 is 4.72 Å². The summed E-state index contributed by atoms with van der Waals surface area (Å²) in [5.74, 6) is -1.95. The Morgan fingerprint density at radius 3 is 2.33 bits per heavy atom. The molecule has 1 aromatic heterocycles. The van der Waals surface area contributed by atoms with Crippen LogP contribution in [0.15, 0.2) is 70.9 Å². The zero-order chi connectivity index (χ0) is 17.2. The van der Waals surface area contributed by atoms with Gasteiger partial charge in [-0.05, 0) is 29.1 Å². The Bertz CT molecular complexity index is 926. The van der Waals surface area contributed by atoms with Gasteiger partial charge in [0.1, 0.15) is 16.5 Å². The van der Waals surface area contributed by atoms with Gasteiger partial charge < -0.3 is 0 Å². The molecule has 0 aliphatic carbocycles. The van der Waals surface area contributed by atoms with Crippen LogP contribution in [0.4, 0.5) is 8.78 Å². The number of benzene rings is 2. The lowest BCUT2D eigenvalue weighted by atomic mass is 10.1. The summed E-state index contributed by atoms with van der Waals surface area (Å²) in [4.78, 5) is 0.189. The summed E-state index contributed by atoms with van der Waals surface area (Å²) in [5.41, 5.74) is 0.728. The second-order valence-corrected chi connectivity index (χ2v) is 7.72. The van der Waals surface area contributed by atoms with E-state index in [0.717, 1.165) is 22.6 Å². The molecule has 1 atom stereocenters. The van der Waals surface area contributed by atoms with Crippen molar-refractivity contribution in [2.45, 2.75) is 10.9 Å². The van der Waals surface area contributed by atoms with Crippen LogP contribution in [0.5, 0.6) is 0 Å². The summed E-state index contributed by atoms with van der Waals surface area (Å²) in [6.45, 7) is 0. The normalized spacial score (nSPS) is 12.9. The fraction of sp³-hybridized carbons (Fsp3) is 0.0588. The molecule has 3 aromatic rings. The number of halogens is 2. The number of hydrogen-bond donors (Lipinski definition) is 1. The maximum absolute atomic E-state index is 13.9. The molecule has 0 amide bonds. The largest absolute Gasteiger partial charge is 0.244 e. The molecule has 2 aromatic carbocycles. The lowest BCUT2D eigenvalue weighted by Crippen LogP contribution is -2.29. The maximum Gasteiger partial charge on any atom is 0.244 e. The average molecular weight is 365 g/mol. The molecule has 0 radical (unpaired) electrons. The van der Waals surface area contributed by atoms with Crippen LogP contribution in [-0.4, -0.2) is 8.42 Å². The fourth-order valence-electron chi connectivity index (χ4n) is 2.30. The first-order valence-electron chi connectivity index (χ1n) is 7.03. The Kier molecular flexibility index (Phi) is 4.75. The van der Waals surface area contributed by atoms with E-state index >= 15 is 0 Å². The molecule has 1 N–H and O–H groups in total. The summed E-state index contributed by atoms with van der Waals surface area (Å²) in [5, 5.41) is 1.83. The highest BCUT2D eigenvalue weighted by atomic mass is 32.2. The predicted molar refractivity (Wildman–Crippen MR) is 89.3 cm³/mol. The number of nitrogens with one attached hydrogen (secondary N) is 1. The lowest BCUT2D eigenvalue weighted by Gasteiger charge is -2.18. The molecule has 0 unspecified atom stereocenters. The van der Waals surface area contributed by atoms with Gasteiger partial charge in [0.15, 0.2) is 0 Å². The number of sulfonamides is 1. The Balaban J connectivity index is 2.01. The molecule has 0 saturated carbocycles. The quantitative estimate of drug-likeness (QED) is 0.740. The van der Waals surface area contributed by atoms with Crippen molar-refractivity contribution in [2.24, 2.45) is 0 Å². The molecule has 24 heavy (non-hydrogen) atoms. The van der Waals surface area contributed by atoms with E-state index in [1.54, 1.807) is 30.3 Å². The average Bonchev–Trinajstić information content (AvgIpc) is 3.07. The third-order valence-corrected chi connectivity index (χ3v) is 5.81. The van der Waals surface area contributed by atoms with E-state index in [1.165, 1.54) is 11.3 Å². The Hall–Kier alpha value is -2.09. The molecule has 0 spiro atoms. The molecule has 3 rings (SSSR count). The number of rotatable bonds is 5. The SMILES string of the molecule is O=S(=O)(N[C@@H](c1ccccc1)c1cccs1)c1ccc(F)cc1F. The highest BCUT2D eigenvalue weighted by molar-refractivity contribution is 7.89. The molecule has 124 valence electrons. The van der Waals surface area contributed by atoms with Gasteiger partial charge >= 0.3 is 0 Å². The zero-order valence-corrected chi connectivity index (χ0v) is 14.0. The molecule has 0 bridgehead atoms. The number of thiophene rings is 1. The van der Waals surface area contributed by atoms with Crippen LogP contribution in [0.25, 0.3) is 0 Å². The molecule has 0 fully saturated rings. The van der Waals surface area contributed by atoms with Crippen molar-refractivity contribution in [3.05, 3.63) is 88.1 Å². The first-order chi connectivity index (χ1) is 11.5. The van der Waals surface area contributed by atoms with Gasteiger partial charge in [0, 0.05) is 10.9 Å². The Morgan fingerprint density at radius 1 is 0.958 bits per heavy atom. The minimum absolute atomic E-state index is 0.553. The van der Waals surface area contributed by atoms with E-state index in [1.807, 2.05) is 17.5 Å². The van der Waals surface area contributed by atoms with Crippen molar-refractivity contribution >= 4 is 21.4 Å². The van der Waals surface area contributed by atoms with E-state index in [2.05, 4.69) is 4.72 Å². The van der Waals surface area contributed by atoms with Crippen molar-refractivity contribution in [1.29, 1.82) is 0 Å². The van der Waals surface area contributed by atoms with E-state index < -0.39 is 32.6 Å². The second-order valence-electron chi connectivity index (χ2n) is 5.06. The summed E-state index contributed by atoms with van der Waals surface area (Å²) in [7, 11) is -4.17. The van der Waals surface area contributed by atoms with Crippen LogP contribution in [0.3, 0.4) is 0 Å². The smallest absolute Gasteiger partial charge is 0.207 e. The fourth-order valence-corrected chi connectivity index (χ4v) is 4.44. The van der Waals surface area contributed by atoms with Crippen molar-refractivity contribution in [2.75, 3.05) is 0 Å². The molecule has 0 saturated heterocycles. The highest BCUT2D eigenvalue weighted by Gasteiger charge is 2.26. The number of hydrogen-bond acceptors (Lipinski definition) is 3. The monoisotopic (exact) mass is 365 g/mol. The van der Waals surface area contributed by atoms with Crippen LogP contribution in [0, 0.1) is 11.6 Å². The topological polar surface area (TPSA) is 46.2 Å². The van der Waals surface area contributed by atoms with Gasteiger partial charge in [0.2, 0.25) is 10.0 Å². The van der Waals surface area contributed by atoms with Gasteiger partial charge in [0.05, 0.1) is 6.04 Å². The van der Waals surface area contributed by atoms with Crippen molar-refractivity contribution in [1.82, 2.24) is 4.72 Å². The van der Waals surface area contributed by atoms with Crippen LogP contribution in [0.1, 0.15) is 16.5 Å². The minimum Gasteiger partial charge on any atom is -0.207 e. The zero-order valence-electron chi connectivity index (χ0n) is 12.3. The van der Waals surface area contributed by atoms with Gasteiger partial charge in [-0.3, -0.25) is 0 Å². The Morgan fingerprint density at radius 2 is 1.71 bits per heavy atom. The summed E-state index contributed by atoms with van der Waals surface area (Å²) >= 11 is 1.39. The van der Waals surface area contributed by atoms with Crippen molar-refractivity contribution in [3.63, 3.8) is 0 Å². The molecular formula is C17H13F2NO2S2. The Labute approximate surface area is 142 Å². The maximum atomic E-state index is 13.9. The van der Waals surface area contributed by atoms with E-state index in [-0.39, 0.29) is 0 Å². The molecule has 0 aliphatic heterocycles. The van der Waals surface area contributed by atoms with Crippen molar-refractivity contribution in [3.8, 4) is 0 Å². The summed E-state index contributed by atoms with van der Waals surface area (Å²) in [6, 6.07) is 14.3. The van der Waals surface area contributed by atoms with Crippen LogP contribution in [0.2, 0.25) is 0 Å². The van der Waals surface area contributed by atoms with E-state index in [0.29, 0.717) is 6.07 Å². The van der Waals surface area contributed by atoms with Crippen molar-refractivity contribution < 1.29 is 17.2 Å². The molecule has 3 nitrogen and oxygen atoms in total. The molecule has 7 heteroatoms. The standard InChI is InChI=1S/C17H13F2NO2S2/c18-13-8-9-16(14(19)11-13)24(21,22)20-17(15-7-4-10-23-15)12-5-2-1-3-6-12/h1-11,17,20H/t17-/m0/s1. The molecule has 0 aliphatic rings. The summed E-state index contributed by atoms with van der Waals surface area (Å²) < 4.78 is 54.6. The first-order valence-corrected chi connectivity index (χ1v) is 9.39. The van der Waals surface area contributed by atoms with E-state index in [9.17, 15) is 17.2 Å². The summed E-state index contributed by atoms with van der Waals surface area (Å²) in [6.07, 6.45) is 0. The first kappa shape index (κ1) is 16.8. The van der Waals surface area contributed by atoms with Gasteiger partial charge in [-0.2, -0.15) is 4.72 Å². The lowest BCUT2D eigenvalue weighted by molar-refractivity contribution is 0.539. The van der Waals surface area contributed by atoms with Gasteiger partial charge in [0.25, 0.3) is 0 Å². The minimum atomic E-state index is -4.17. The van der Waals surface area contributed by atoms with Crippen LogP contribution >= 0.6 is 11.3 Å². The van der Waals surface area contributed by atoms with E-state index in [4.69, 9.17) is 0 Å². The third-order valence-electron chi connectivity index (χ3n) is 3.42. The highest BCUT2D eigenvalue weighted by Crippen LogP contribution is 2.28. The third kappa shape index (κ3) is 3.53.